The highest BCUT2D eigenvalue weighted by Gasteiger charge is 2.13. The van der Waals surface area contributed by atoms with Gasteiger partial charge in [0.2, 0.25) is 0 Å². The fourth-order valence-electron chi connectivity index (χ4n) is 1.80. The Morgan fingerprint density at radius 2 is 2.00 bits per heavy atom. The molecule has 18 heavy (non-hydrogen) atoms. The summed E-state index contributed by atoms with van der Waals surface area (Å²) in [5.41, 5.74) is 0.314. The van der Waals surface area contributed by atoms with Crippen LogP contribution >= 0.6 is 11.6 Å². The van der Waals surface area contributed by atoms with Gasteiger partial charge in [-0.2, -0.15) is 0 Å². The third-order valence-corrected chi connectivity index (χ3v) is 3.13. The minimum absolute atomic E-state index is 0.244. The van der Waals surface area contributed by atoms with Crippen molar-refractivity contribution in [1.29, 1.82) is 0 Å². The molecule has 1 heterocycles. The van der Waals surface area contributed by atoms with Crippen LogP contribution in [-0.2, 0) is 12.8 Å². The molecule has 0 amide bonds. The number of hydrogen-bond donors (Lipinski definition) is 0. The highest BCUT2D eigenvalue weighted by molar-refractivity contribution is 6.20. The Hall–Kier alpha value is -1.35. The van der Waals surface area contributed by atoms with Gasteiger partial charge in [0.05, 0.1) is 6.26 Å². The highest BCUT2D eigenvalue weighted by atomic mass is 35.5. The minimum atomic E-state index is -0.831. The first-order valence-electron chi connectivity index (χ1n) is 5.76. The summed E-state index contributed by atoms with van der Waals surface area (Å²) in [4.78, 5) is 0. The van der Waals surface area contributed by atoms with Crippen molar-refractivity contribution < 1.29 is 13.2 Å². The first-order valence-corrected chi connectivity index (χ1v) is 6.20. The van der Waals surface area contributed by atoms with Crippen molar-refractivity contribution in [2.45, 2.75) is 24.6 Å². The van der Waals surface area contributed by atoms with E-state index >= 15 is 0 Å². The molecule has 1 aromatic heterocycles. The van der Waals surface area contributed by atoms with Gasteiger partial charge in [0, 0.05) is 11.8 Å². The summed E-state index contributed by atoms with van der Waals surface area (Å²) in [5.74, 6) is -0.788. The van der Waals surface area contributed by atoms with E-state index in [1.807, 2.05) is 12.1 Å². The van der Waals surface area contributed by atoms with Crippen molar-refractivity contribution in [3.63, 3.8) is 0 Å². The lowest BCUT2D eigenvalue weighted by Crippen LogP contribution is -2.07. The van der Waals surface area contributed by atoms with Crippen LogP contribution in [0, 0.1) is 11.6 Å². The molecular weight excluding hydrogens is 258 g/mol. The van der Waals surface area contributed by atoms with Gasteiger partial charge in [0.25, 0.3) is 0 Å². The van der Waals surface area contributed by atoms with Crippen molar-refractivity contribution in [2.24, 2.45) is 0 Å². The van der Waals surface area contributed by atoms with Gasteiger partial charge in [-0.15, -0.1) is 11.6 Å². The second kappa shape index (κ2) is 6.01. The Morgan fingerprint density at radius 1 is 1.17 bits per heavy atom. The van der Waals surface area contributed by atoms with E-state index in [9.17, 15) is 8.78 Å². The number of benzene rings is 1. The molecule has 1 unspecified atom stereocenters. The maximum atomic E-state index is 13.4. The van der Waals surface area contributed by atoms with Crippen LogP contribution in [0.1, 0.15) is 17.7 Å². The molecule has 0 radical (unpaired) electrons. The summed E-state index contributed by atoms with van der Waals surface area (Å²) < 4.78 is 31.6. The summed E-state index contributed by atoms with van der Waals surface area (Å²) in [5, 5.41) is -0.244. The smallest absolute Gasteiger partial charge is 0.162 e. The highest BCUT2D eigenvalue weighted by Crippen LogP contribution is 2.18. The summed E-state index contributed by atoms with van der Waals surface area (Å²) in [6.45, 7) is 0. The lowest BCUT2D eigenvalue weighted by Gasteiger charge is -2.09. The van der Waals surface area contributed by atoms with Gasteiger partial charge < -0.3 is 4.42 Å². The fourth-order valence-corrected chi connectivity index (χ4v) is 2.08. The van der Waals surface area contributed by atoms with Gasteiger partial charge >= 0.3 is 0 Å². The van der Waals surface area contributed by atoms with Crippen LogP contribution in [0.2, 0.25) is 0 Å². The molecule has 1 atom stereocenters. The lowest BCUT2D eigenvalue weighted by atomic mass is 10.1. The van der Waals surface area contributed by atoms with Gasteiger partial charge in [-0.1, -0.05) is 12.1 Å². The van der Waals surface area contributed by atoms with E-state index in [0.29, 0.717) is 24.8 Å². The van der Waals surface area contributed by atoms with Crippen LogP contribution in [-0.4, -0.2) is 5.38 Å². The Morgan fingerprint density at radius 3 is 2.72 bits per heavy atom. The van der Waals surface area contributed by atoms with E-state index in [4.69, 9.17) is 16.0 Å². The number of halogens is 3. The molecule has 96 valence electrons. The van der Waals surface area contributed by atoms with E-state index < -0.39 is 11.6 Å². The predicted octanol–water partition coefficient (Wildman–Crippen LogP) is 4.34. The van der Waals surface area contributed by atoms with Crippen LogP contribution in [0.4, 0.5) is 8.78 Å². The molecule has 2 rings (SSSR count). The Kier molecular flexibility index (Phi) is 4.37. The number of furan rings is 1. The van der Waals surface area contributed by atoms with Gasteiger partial charge in [-0.25, -0.2) is 8.78 Å². The van der Waals surface area contributed by atoms with Crippen LogP contribution in [0.15, 0.2) is 41.0 Å². The number of hydrogen-bond acceptors (Lipinski definition) is 1. The summed E-state index contributed by atoms with van der Waals surface area (Å²) >= 11 is 6.13. The first-order chi connectivity index (χ1) is 8.66. The average Bonchev–Trinajstić information content (AvgIpc) is 2.86. The molecule has 0 saturated heterocycles. The van der Waals surface area contributed by atoms with Gasteiger partial charge in [0.1, 0.15) is 5.76 Å². The molecule has 2 aromatic rings. The van der Waals surface area contributed by atoms with Gasteiger partial charge in [0.15, 0.2) is 11.6 Å². The van der Waals surface area contributed by atoms with Crippen molar-refractivity contribution >= 4 is 11.6 Å². The zero-order valence-electron chi connectivity index (χ0n) is 9.70. The molecule has 1 aromatic carbocycles. The molecule has 0 bridgehead atoms. The normalized spacial score (nSPS) is 12.6. The van der Waals surface area contributed by atoms with Crippen molar-refractivity contribution in [2.75, 3.05) is 0 Å². The van der Waals surface area contributed by atoms with Gasteiger partial charge in [-0.05, 0) is 36.6 Å². The van der Waals surface area contributed by atoms with E-state index in [0.717, 1.165) is 11.8 Å². The molecule has 1 nitrogen and oxygen atoms in total. The lowest BCUT2D eigenvalue weighted by molar-refractivity contribution is 0.488. The van der Waals surface area contributed by atoms with Crippen LogP contribution < -0.4 is 0 Å². The third-order valence-electron chi connectivity index (χ3n) is 2.76. The largest absolute Gasteiger partial charge is 0.469 e. The molecule has 0 spiro atoms. The van der Waals surface area contributed by atoms with Crippen LogP contribution in [0.3, 0.4) is 0 Å². The molecule has 0 fully saturated rings. The maximum absolute atomic E-state index is 13.4. The summed E-state index contributed by atoms with van der Waals surface area (Å²) in [7, 11) is 0. The fraction of sp³-hybridized carbons (Fsp3) is 0.286. The molecule has 0 aliphatic heterocycles. The molecule has 0 saturated carbocycles. The standard InChI is InChI=1S/C14H13ClF2O/c15-11(6-7-12-4-2-8-18-12)9-10-3-1-5-13(16)14(10)17/h1-5,8,11H,6-7,9H2. The number of aryl methyl sites for hydroxylation is 1. The SMILES string of the molecule is Fc1cccc(CC(Cl)CCc2ccco2)c1F. The monoisotopic (exact) mass is 270 g/mol. The Bertz CT molecular complexity index is 497. The van der Waals surface area contributed by atoms with Crippen LogP contribution in [0.25, 0.3) is 0 Å². The van der Waals surface area contributed by atoms with E-state index in [2.05, 4.69) is 0 Å². The zero-order valence-corrected chi connectivity index (χ0v) is 10.5. The third kappa shape index (κ3) is 3.33. The summed E-state index contributed by atoms with van der Waals surface area (Å²) in [6, 6.07) is 7.83. The topological polar surface area (TPSA) is 13.1 Å². The maximum Gasteiger partial charge on any atom is 0.162 e. The zero-order chi connectivity index (χ0) is 13.0. The van der Waals surface area contributed by atoms with Crippen LogP contribution in [0.5, 0.6) is 0 Å². The molecule has 0 aliphatic rings. The Labute approximate surface area is 109 Å². The van der Waals surface area contributed by atoms with E-state index in [-0.39, 0.29) is 5.38 Å². The Balaban J connectivity index is 1.90. The number of alkyl halides is 1. The predicted molar refractivity (Wildman–Crippen MR) is 66.7 cm³/mol. The van der Waals surface area contributed by atoms with Crippen molar-refractivity contribution in [3.05, 3.63) is 59.6 Å². The quantitative estimate of drug-likeness (QED) is 0.737. The van der Waals surface area contributed by atoms with Gasteiger partial charge in [-0.3, -0.25) is 0 Å². The average molecular weight is 271 g/mol. The first kappa shape index (κ1) is 13.1. The number of rotatable bonds is 5. The second-order valence-corrected chi connectivity index (χ2v) is 4.75. The second-order valence-electron chi connectivity index (χ2n) is 4.13. The molecule has 0 aliphatic carbocycles. The molecular formula is C14H13ClF2O. The molecule has 0 N–H and O–H groups in total. The van der Waals surface area contributed by atoms with Crippen molar-refractivity contribution in [1.82, 2.24) is 0 Å². The minimum Gasteiger partial charge on any atom is -0.469 e. The summed E-state index contributed by atoms with van der Waals surface area (Å²) in [6.07, 6.45) is 3.26. The van der Waals surface area contributed by atoms with Crippen molar-refractivity contribution in [3.8, 4) is 0 Å². The van der Waals surface area contributed by atoms with E-state index in [1.165, 1.54) is 6.07 Å². The molecule has 4 heteroatoms. The van der Waals surface area contributed by atoms with E-state index in [1.54, 1.807) is 12.3 Å².